The summed E-state index contributed by atoms with van der Waals surface area (Å²) in [4.78, 5) is 11.7. The van der Waals surface area contributed by atoms with Crippen LogP contribution in [0.2, 0.25) is 0 Å². The van der Waals surface area contributed by atoms with E-state index in [0.29, 0.717) is 12.2 Å². The fourth-order valence-corrected chi connectivity index (χ4v) is 3.47. The van der Waals surface area contributed by atoms with Crippen molar-refractivity contribution in [2.75, 3.05) is 0 Å². The first kappa shape index (κ1) is 14.2. The standard InChI is InChI=1S/C18H17FN2O2/c1-11(22)10-18(8-9-18)17-16-12(14-6-7-15(19)23-14)4-3-5-13(16)21(2)20-17/h3-7H,8-10H2,1-2H3. The van der Waals surface area contributed by atoms with Crippen molar-refractivity contribution in [2.24, 2.45) is 7.05 Å². The van der Waals surface area contributed by atoms with Crippen LogP contribution in [0.4, 0.5) is 4.39 Å². The van der Waals surface area contributed by atoms with Crippen molar-refractivity contribution >= 4 is 16.7 Å². The molecule has 1 fully saturated rings. The zero-order valence-electron chi connectivity index (χ0n) is 13.1. The molecule has 2 heterocycles. The number of halogens is 1. The molecule has 0 spiro atoms. The Bertz CT molecular complexity index is 918. The highest BCUT2D eigenvalue weighted by Gasteiger charge is 2.48. The van der Waals surface area contributed by atoms with E-state index in [-0.39, 0.29) is 11.2 Å². The number of hydrogen-bond acceptors (Lipinski definition) is 3. The second-order valence-electron chi connectivity index (χ2n) is 6.43. The minimum Gasteiger partial charge on any atom is -0.431 e. The lowest BCUT2D eigenvalue weighted by molar-refractivity contribution is -0.117. The Labute approximate surface area is 132 Å². The van der Waals surface area contributed by atoms with Crippen molar-refractivity contribution in [2.45, 2.75) is 31.6 Å². The van der Waals surface area contributed by atoms with E-state index in [1.165, 1.54) is 6.07 Å². The Morgan fingerprint density at radius 3 is 2.74 bits per heavy atom. The van der Waals surface area contributed by atoms with Gasteiger partial charge in [0.25, 0.3) is 6.01 Å². The number of nitrogens with zero attached hydrogens (tertiary/aromatic N) is 2. The van der Waals surface area contributed by atoms with E-state index in [2.05, 4.69) is 0 Å². The maximum atomic E-state index is 13.3. The number of Topliss-reactive ketones (excluding diaryl/α,β-unsaturated/α-hetero) is 1. The monoisotopic (exact) mass is 312 g/mol. The summed E-state index contributed by atoms with van der Waals surface area (Å²) in [5, 5.41) is 5.66. The predicted octanol–water partition coefficient (Wildman–Crippen LogP) is 3.98. The first-order valence-electron chi connectivity index (χ1n) is 7.71. The third-order valence-corrected chi connectivity index (χ3v) is 4.66. The van der Waals surface area contributed by atoms with Crippen molar-refractivity contribution < 1.29 is 13.6 Å². The van der Waals surface area contributed by atoms with Gasteiger partial charge in [-0.1, -0.05) is 12.1 Å². The lowest BCUT2D eigenvalue weighted by atomic mass is 9.91. The molecule has 0 amide bonds. The van der Waals surface area contributed by atoms with Gasteiger partial charge in [0.15, 0.2) is 0 Å². The van der Waals surface area contributed by atoms with E-state index in [9.17, 15) is 9.18 Å². The highest BCUT2D eigenvalue weighted by molar-refractivity contribution is 5.97. The molecule has 5 heteroatoms. The number of carbonyl (C=O) groups is 1. The molecule has 0 N–H and O–H groups in total. The fourth-order valence-electron chi connectivity index (χ4n) is 3.47. The Hall–Kier alpha value is -2.43. The summed E-state index contributed by atoms with van der Waals surface area (Å²) in [6.07, 6.45) is 2.42. The molecule has 118 valence electrons. The van der Waals surface area contributed by atoms with Crippen LogP contribution >= 0.6 is 0 Å². The van der Waals surface area contributed by atoms with Gasteiger partial charge in [0.1, 0.15) is 11.5 Å². The SMILES string of the molecule is CC(=O)CC1(c2nn(C)c3cccc(-c4ccc(F)o4)c23)CC1. The number of aryl methyl sites for hydroxylation is 1. The number of rotatable bonds is 4. The topological polar surface area (TPSA) is 48.0 Å². The lowest BCUT2D eigenvalue weighted by Gasteiger charge is -2.12. The fraction of sp³-hybridized carbons (Fsp3) is 0.333. The Kier molecular flexibility index (Phi) is 2.95. The van der Waals surface area contributed by atoms with E-state index < -0.39 is 6.01 Å². The van der Waals surface area contributed by atoms with Gasteiger partial charge in [-0.3, -0.25) is 9.48 Å². The van der Waals surface area contributed by atoms with E-state index in [4.69, 9.17) is 9.52 Å². The summed E-state index contributed by atoms with van der Waals surface area (Å²) < 4.78 is 20.3. The maximum absolute atomic E-state index is 13.3. The molecule has 23 heavy (non-hydrogen) atoms. The van der Waals surface area contributed by atoms with Gasteiger partial charge in [-0.15, -0.1) is 0 Å². The Morgan fingerprint density at radius 1 is 1.35 bits per heavy atom. The molecule has 0 atom stereocenters. The van der Waals surface area contributed by atoms with Gasteiger partial charge in [0.2, 0.25) is 0 Å². The minimum atomic E-state index is -0.604. The number of fused-ring (bicyclic) bond motifs is 1. The van der Waals surface area contributed by atoms with E-state index in [1.54, 1.807) is 13.0 Å². The summed E-state index contributed by atoms with van der Waals surface area (Å²) in [7, 11) is 1.89. The predicted molar refractivity (Wildman–Crippen MR) is 84.6 cm³/mol. The summed E-state index contributed by atoms with van der Waals surface area (Å²) in [6, 6.07) is 8.15. The van der Waals surface area contributed by atoms with Crippen molar-refractivity contribution in [3.63, 3.8) is 0 Å². The molecule has 1 saturated carbocycles. The smallest absolute Gasteiger partial charge is 0.278 e. The number of carbonyl (C=O) groups excluding carboxylic acids is 1. The molecule has 4 nitrogen and oxygen atoms in total. The zero-order chi connectivity index (χ0) is 16.2. The Morgan fingerprint density at radius 2 is 2.13 bits per heavy atom. The number of hydrogen-bond donors (Lipinski definition) is 0. The summed E-state index contributed by atoms with van der Waals surface area (Å²) in [5.41, 5.74) is 2.54. The van der Waals surface area contributed by atoms with Crippen LogP contribution in [0.1, 0.15) is 31.9 Å². The van der Waals surface area contributed by atoms with Crippen LogP contribution in [0.5, 0.6) is 0 Å². The van der Waals surface area contributed by atoms with Gasteiger partial charge >= 0.3 is 0 Å². The van der Waals surface area contributed by atoms with Crippen LogP contribution in [0.3, 0.4) is 0 Å². The second kappa shape index (κ2) is 4.78. The molecule has 4 rings (SSSR count). The summed E-state index contributed by atoms with van der Waals surface area (Å²) in [6.45, 7) is 1.62. The average Bonchev–Trinajstić information content (AvgIpc) is 2.99. The highest BCUT2D eigenvalue weighted by atomic mass is 19.1. The first-order chi connectivity index (χ1) is 11.0. The Balaban J connectivity index is 1.97. The summed E-state index contributed by atoms with van der Waals surface area (Å²) in [5.74, 6) is 0.656. The molecule has 2 aromatic heterocycles. The van der Waals surface area contributed by atoms with E-state index >= 15 is 0 Å². The molecular weight excluding hydrogens is 295 g/mol. The molecular formula is C18H17FN2O2. The quantitative estimate of drug-likeness (QED) is 0.732. The number of furan rings is 1. The van der Waals surface area contributed by atoms with Gasteiger partial charge in [-0.2, -0.15) is 9.49 Å². The third kappa shape index (κ3) is 2.19. The van der Waals surface area contributed by atoms with Crippen molar-refractivity contribution in [3.05, 3.63) is 42.0 Å². The van der Waals surface area contributed by atoms with Crippen LogP contribution in [0.15, 0.2) is 34.7 Å². The molecule has 0 bridgehead atoms. The molecule has 0 saturated heterocycles. The van der Waals surface area contributed by atoms with Crippen molar-refractivity contribution in [1.82, 2.24) is 9.78 Å². The largest absolute Gasteiger partial charge is 0.431 e. The van der Waals surface area contributed by atoms with E-state index in [0.717, 1.165) is 35.0 Å². The zero-order valence-corrected chi connectivity index (χ0v) is 13.1. The van der Waals surface area contributed by atoms with Crippen LogP contribution in [0, 0.1) is 6.01 Å². The first-order valence-corrected chi connectivity index (χ1v) is 7.71. The van der Waals surface area contributed by atoms with E-state index in [1.807, 2.05) is 29.9 Å². The number of aromatic nitrogens is 2. The molecule has 0 unspecified atom stereocenters. The molecule has 1 aromatic carbocycles. The second-order valence-corrected chi connectivity index (χ2v) is 6.43. The van der Waals surface area contributed by atoms with Crippen LogP contribution < -0.4 is 0 Å². The molecule has 0 radical (unpaired) electrons. The third-order valence-electron chi connectivity index (χ3n) is 4.66. The molecule has 1 aliphatic carbocycles. The normalized spacial score (nSPS) is 16.0. The molecule has 0 aliphatic heterocycles. The minimum absolute atomic E-state index is 0.169. The van der Waals surface area contributed by atoms with Gasteiger partial charge in [-0.05, 0) is 31.9 Å². The van der Waals surface area contributed by atoms with Crippen molar-refractivity contribution in [1.29, 1.82) is 0 Å². The van der Waals surface area contributed by atoms with Gasteiger partial charge in [-0.25, -0.2) is 0 Å². The van der Waals surface area contributed by atoms with Crippen LogP contribution in [-0.4, -0.2) is 15.6 Å². The number of benzene rings is 1. The average molecular weight is 312 g/mol. The lowest BCUT2D eigenvalue weighted by Crippen LogP contribution is -2.13. The van der Waals surface area contributed by atoms with Gasteiger partial charge in [0.05, 0.1) is 11.2 Å². The maximum Gasteiger partial charge on any atom is 0.278 e. The summed E-state index contributed by atoms with van der Waals surface area (Å²) >= 11 is 0. The van der Waals surface area contributed by atoms with Gasteiger partial charge in [0, 0.05) is 35.9 Å². The van der Waals surface area contributed by atoms with Crippen molar-refractivity contribution in [3.8, 4) is 11.3 Å². The molecule has 3 aromatic rings. The van der Waals surface area contributed by atoms with Crippen LogP contribution in [0.25, 0.3) is 22.2 Å². The number of ketones is 1. The highest BCUT2D eigenvalue weighted by Crippen LogP contribution is 2.53. The van der Waals surface area contributed by atoms with Gasteiger partial charge < -0.3 is 4.42 Å². The van der Waals surface area contributed by atoms with Crippen LogP contribution in [-0.2, 0) is 17.3 Å². The molecule has 1 aliphatic rings.